The average Bonchev–Trinajstić information content (AvgIpc) is 2.41. The van der Waals surface area contributed by atoms with E-state index in [0.29, 0.717) is 23.5 Å². The number of likely N-dealkylation sites (tertiary alicyclic amines) is 1. The van der Waals surface area contributed by atoms with Gasteiger partial charge in [-0.15, -0.1) is 0 Å². The van der Waals surface area contributed by atoms with Crippen molar-refractivity contribution in [3.05, 3.63) is 0 Å². The van der Waals surface area contributed by atoms with Crippen LogP contribution in [-0.4, -0.2) is 43.3 Å². The summed E-state index contributed by atoms with van der Waals surface area (Å²) in [4.78, 5) is 2.61. The summed E-state index contributed by atoms with van der Waals surface area (Å²) in [6, 6.07) is 0.403. The van der Waals surface area contributed by atoms with Gasteiger partial charge in [0.05, 0.1) is 6.10 Å². The van der Waals surface area contributed by atoms with E-state index in [9.17, 15) is 0 Å². The van der Waals surface area contributed by atoms with Crippen LogP contribution in [0.15, 0.2) is 0 Å². The third-order valence-electron chi connectivity index (χ3n) is 5.09. The van der Waals surface area contributed by atoms with E-state index in [-0.39, 0.29) is 0 Å². The summed E-state index contributed by atoms with van der Waals surface area (Å²) in [5.74, 6) is 0.670. The Balaban J connectivity index is 1.82. The lowest BCUT2D eigenvalue weighted by Gasteiger charge is -2.43. The van der Waals surface area contributed by atoms with Crippen molar-refractivity contribution in [2.24, 2.45) is 17.1 Å². The van der Waals surface area contributed by atoms with Crippen molar-refractivity contribution in [3.8, 4) is 0 Å². The van der Waals surface area contributed by atoms with Gasteiger partial charge in [-0.2, -0.15) is 0 Å². The minimum atomic E-state index is 0.403. The highest BCUT2D eigenvalue weighted by atomic mass is 16.5. The van der Waals surface area contributed by atoms with Crippen LogP contribution in [0.2, 0.25) is 0 Å². The topological polar surface area (TPSA) is 38.5 Å². The van der Waals surface area contributed by atoms with Crippen LogP contribution < -0.4 is 5.73 Å². The summed E-state index contributed by atoms with van der Waals surface area (Å²) in [7, 11) is 0. The monoisotopic (exact) mass is 282 g/mol. The molecule has 3 heteroatoms. The van der Waals surface area contributed by atoms with Gasteiger partial charge >= 0.3 is 0 Å². The second-order valence-electron chi connectivity index (χ2n) is 7.73. The van der Waals surface area contributed by atoms with Gasteiger partial charge in [0, 0.05) is 25.7 Å². The van der Waals surface area contributed by atoms with Gasteiger partial charge < -0.3 is 15.4 Å². The number of rotatable bonds is 5. The van der Waals surface area contributed by atoms with Crippen LogP contribution >= 0.6 is 0 Å². The molecule has 1 saturated heterocycles. The number of hydrogen-bond acceptors (Lipinski definition) is 3. The van der Waals surface area contributed by atoms with Gasteiger partial charge in [-0.3, -0.25) is 0 Å². The number of ether oxygens (including phenoxy) is 1. The minimum Gasteiger partial charge on any atom is -0.377 e. The summed E-state index contributed by atoms with van der Waals surface area (Å²) >= 11 is 0. The van der Waals surface area contributed by atoms with Crippen molar-refractivity contribution in [2.45, 2.75) is 71.4 Å². The van der Waals surface area contributed by atoms with Gasteiger partial charge in [0.2, 0.25) is 0 Å². The van der Waals surface area contributed by atoms with Crippen LogP contribution in [0.4, 0.5) is 0 Å². The second kappa shape index (κ2) is 7.24. The second-order valence-corrected chi connectivity index (χ2v) is 7.73. The third kappa shape index (κ3) is 4.71. The van der Waals surface area contributed by atoms with E-state index in [4.69, 9.17) is 10.5 Å². The van der Waals surface area contributed by atoms with Gasteiger partial charge in [0.15, 0.2) is 0 Å². The van der Waals surface area contributed by atoms with Crippen molar-refractivity contribution >= 4 is 0 Å². The standard InChI is InChI=1S/C17H34N2O/c1-4-10-20-15-6-5-9-19(13-15)12-14-11-17(2,3)8-7-16(14)18/h14-16H,4-13,18H2,1-3H3. The first-order chi connectivity index (χ1) is 9.50. The molecule has 3 nitrogen and oxygen atoms in total. The molecule has 0 bridgehead atoms. The molecule has 1 heterocycles. The number of nitrogens with two attached hydrogens (primary N) is 1. The molecule has 3 atom stereocenters. The molecule has 2 fully saturated rings. The molecule has 1 aliphatic heterocycles. The van der Waals surface area contributed by atoms with Crippen molar-refractivity contribution in [1.82, 2.24) is 4.90 Å². The fraction of sp³-hybridized carbons (Fsp3) is 1.00. The molecule has 20 heavy (non-hydrogen) atoms. The smallest absolute Gasteiger partial charge is 0.0702 e. The van der Waals surface area contributed by atoms with E-state index in [1.807, 2.05) is 0 Å². The highest BCUT2D eigenvalue weighted by Gasteiger charge is 2.34. The van der Waals surface area contributed by atoms with Gasteiger partial charge in [0.25, 0.3) is 0 Å². The van der Waals surface area contributed by atoms with Crippen LogP contribution in [0, 0.1) is 11.3 Å². The molecule has 0 aromatic rings. The van der Waals surface area contributed by atoms with Crippen LogP contribution in [-0.2, 0) is 4.74 Å². The third-order valence-corrected chi connectivity index (χ3v) is 5.09. The minimum absolute atomic E-state index is 0.403. The van der Waals surface area contributed by atoms with E-state index < -0.39 is 0 Å². The molecule has 2 rings (SSSR count). The van der Waals surface area contributed by atoms with Gasteiger partial charge in [-0.05, 0) is 56.4 Å². The lowest BCUT2D eigenvalue weighted by molar-refractivity contribution is -0.00939. The van der Waals surface area contributed by atoms with Crippen molar-refractivity contribution < 1.29 is 4.74 Å². The lowest BCUT2D eigenvalue weighted by Crippen LogP contribution is -2.48. The van der Waals surface area contributed by atoms with Gasteiger partial charge in [-0.1, -0.05) is 20.8 Å². The Bertz CT molecular complexity index is 293. The summed E-state index contributed by atoms with van der Waals surface area (Å²) < 4.78 is 5.95. The highest BCUT2D eigenvalue weighted by Crippen LogP contribution is 2.38. The van der Waals surface area contributed by atoms with E-state index >= 15 is 0 Å². The maximum Gasteiger partial charge on any atom is 0.0702 e. The van der Waals surface area contributed by atoms with E-state index in [2.05, 4.69) is 25.7 Å². The van der Waals surface area contributed by atoms with E-state index in [0.717, 1.165) is 19.6 Å². The molecule has 0 aromatic carbocycles. The predicted octanol–water partition coefficient (Wildman–Crippen LogP) is 3.03. The normalized spacial score (nSPS) is 35.1. The summed E-state index contributed by atoms with van der Waals surface area (Å²) in [6.07, 6.45) is 7.85. The lowest BCUT2D eigenvalue weighted by atomic mass is 9.70. The molecule has 1 aliphatic carbocycles. The van der Waals surface area contributed by atoms with E-state index in [1.165, 1.54) is 45.2 Å². The molecular weight excluding hydrogens is 248 g/mol. The fourth-order valence-corrected chi connectivity index (χ4v) is 3.89. The van der Waals surface area contributed by atoms with Crippen LogP contribution in [0.25, 0.3) is 0 Å². The molecule has 1 saturated carbocycles. The zero-order valence-electron chi connectivity index (χ0n) is 13.7. The molecule has 118 valence electrons. The molecule has 0 amide bonds. The molecule has 2 aliphatic rings. The first-order valence-electron chi connectivity index (χ1n) is 8.60. The van der Waals surface area contributed by atoms with Gasteiger partial charge in [-0.25, -0.2) is 0 Å². The Morgan fingerprint density at radius 3 is 2.85 bits per heavy atom. The fourth-order valence-electron chi connectivity index (χ4n) is 3.89. The molecule has 0 spiro atoms. The molecule has 2 N–H and O–H groups in total. The van der Waals surface area contributed by atoms with E-state index in [1.54, 1.807) is 0 Å². The first kappa shape index (κ1) is 16.3. The summed E-state index contributed by atoms with van der Waals surface area (Å²) in [6.45, 7) is 11.4. The maximum absolute atomic E-state index is 6.37. The maximum atomic E-state index is 6.37. The SMILES string of the molecule is CCCOC1CCCN(CC2CC(C)(C)CCC2N)C1. The first-order valence-corrected chi connectivity index (χ1v) is 8.60. The molecule has 0 radical (unpaired) electrons. The van der Waals surface area contributed by atoms with Crippen LogP contribution in [0.5, 0.6) is 0 Å². The average molecular weight is 282 g/mol. The molecule has 0 aromatic heterocycles. The quantitative estimate of drug-likeness (QED) is 0.842. The van der Waals surface area contributed by atoms with Crippen LogP contribution in [0.1, 0.15) is 59.3 Å². The molecular formula is C17H34N2O. The predicted molar refractivity (Wildman–Crippen MR) is 84.8 cm³/mol. The largest absolute Gasteiger partial charge is 0.377 e. The van der Waals surface area contributed by atoms with Gasteiger partial charge in [0.1, 0.15) is 0 Å². The zero-order valence-corrected chi connectivity index (χ0v) is 13.7. The number of piperidine rings is 1. The molecule has 3 unspecified atom stereocenters. The van der Waals surface area contributed by atoms with Crippen molar-refractivity contribution in [1.29, 1.82) is 0 Å². The summed E-state index contributed by atoms with van der Waals surface area (Å²) in [5, 5.41) is 0. The number of hydrogen-bond donors (Lipinski definition) is 1. The summed E-state index contributed by atoms with van der Waals surface area (Å²) in [5.41, 5.74) is 6.85. The Morgan fingerprint density at radius 2 is 2.10 bits per heavy atom. The Hall–Kier alpha value is -0.120. The number of nitrogens with zero attached hydrogens (tertiary/aromatic N) is 1. The van der Waals surface area contributed by atoms with Crippen LogP contribution in [0.3, 0.4) is 0 Å². The van der Waals surface area contributed by atoms with Crippen molar-refractivity contribution in [3.63, 3.8) is 0 Å². The van der Waals surface area contributed by atoms with Crippen molar-refractivity contribution in [2.75, 3.05) is 26.2 Å². The highest BCUT2D eigenvalue weighted by molar-refractivity contribution is 4.89. The Morgan fingerprint density at radius 1 is 1.30 bits per heavy atom. The zero-order chi connectivity index (χ0) is 14.6. The Labute approximate surface area is 125 Å². The Kier molecular flexibility index (Phi) is 5.88.